The highest BCUT2D eigenvalue weighted by molar-refractivity contribution is 5.96. The number of nitriles is 1. The van der Waals surface area contributed by atoms with Gasteiger partial charge in [-0.1, -0.05) is 34.1 Å². The van der Waals surface area contributed by atoms with Gasteiger partial charge >= 0.3 is 0 Å². The number of hydrogen-bond donors (Lipinski definition) is 1. The maximum Gasteiger partial charge on any atom is 0.253 e. The van der Waals surface area contributed by atoms with E-state index in [1.54, 1.807) is 24.3 Å². The Bertz CT molecular complexity index is 644. The smallest absolute Gasteiger partial charge is 0.253 e. The van der Waals surface area contributed by atoms with Crippen molar-refractivity contribution < 1.29 is 9.59 Å². The molecule has 1 saturated heterocycles. The van der Waals surface area contributed by atoms with E-state index < -0.39 is 5.92 Å². The van der Waals surface area contributed by atoms with Crippen LogP contribution in [-0.4, -0.2) is 55.3 Å². The Morgan fingerprint density at radius 1 is 1.10 bits per heavy atom. The molecule has 2 amide bonds. The number of carbonyl (C=O) groups is 2. The van der Waals surface area contributed by atoms with E-state index in [-0.39, 0.29) is 11.8 Å². The number of carbonyl (C=O) groups excluding carboxylic acids is 2. The van der Waals surface area contributed by atoms with Crippen LogP contribution in [0, 0.1) is 17.2 Å². The predicted molar refractivity (Wildman–Crippen MR) is 124 cm³/mol. The molecule has 1 unspecified atom stereocenters. The number of piperidine rings is 1. The monoisotopic (exact) mass is 416 g/mol. The molecule has 1 heterocycles. The van der Waals surface area contributed by atoms with Gasteiger partial charge in [0.2, 0.25) is 5.91 Å². The second kappa shape index (κ2) is 16.4. The summed E-state index contributed by atoms with van der Waals surface area (Å²) in [7, 11) is 4.11. The van der Waals surface area contributed by atoms with E-state index in [2.05, 4.69) is 31.2 Å². The fourth-order valence-corrected chi connectivity index (χ4v) is 2.75. The highest BCUT2D eigenvalue weighted by Gasteiger charge is 2.19. The van der Waals surface area contributed by atoms with Crippen molar-refractivity contribution in [2.75, 3.05) is 39.0 Å². The summed E-state index contributed by atoms with van der Waals surface area (Å²) in [4.78, 5) is 28.4. The molecule has 0 spiro atoms. The number of likely N-dealkylation sites (tertiary alicyclic amines) is 1. The SMILES string of the molecule is CC.CCCC(C#N)C(=O)Nc1ccc(C(=O)N2CCCCC2)cc1.CCN(C)C. The molecule has 1 aliphatic heterocycles. The number of hydrogen-bond acceptors (Lipinski definition) is 4. The molecule has 0 aromatic heterocycles. The predicted octanol–water partition coefficient (Wildman–Crippen LogP) is 4.79. The van der Waals surface area contributed by atoms with Crippen LogP contribution in [0.5, 0.6) is 0 Å². The van der Waals surface area contributed by atoms with Gasteiger partial charge in [-0.15, -0.1) is 0 Å². The Kier molecular flexibility index (Phi) is 15.1. The van der Waals surface area contributed by atoms with E-state index in [1.165, 1.54) is 6.42 Å². The molecular formula is C24H40N4O2. The van der Waals surface area contributed by atoms with Crippen molar-refractivity contribution in [3.63, 3.8) is 0 Å². The Morgan fingerprint density at radius 2 is 1.63 bits per heavy atom. The van der Waals surface area contributed by atoms with Gasteiger partial charge in [-0.05, 0) is 70.6 Å². The van der Waals surface area contributed by atoms with Crippen LogP contribution in [0.1, 0.15) is 70.2 Å². The zero-order valence-corrected chi connectivity index (χ0v) is 19.7. The lowest BCUT2D eigenvalue weighted by Crippen LogP contribution is -2.35. The average molecular weight is 417 g/mol. The zero-order valence-electron chi connectivity index (χ0n) is 19.7. The van der Waals surface area contributed by atoms with Crippen LogP contribution < -0.4 is 5.32 Å². The molecule has 2 rings (SSSR count). The Hall–Kier alpha value is -2.39. The normalized spacial score (nSPS) is 13.7. The molecule has 1 atom stereocenters. The minimum atomic E-state index is -0.630. The first-order valence-electron chi connectivity index (χ1n) is 11.2. The standard InChI is InChI=1S/C18H23N3O2.C4H11N.C2H6/c1-2-6-15(13-19)17(22)20-16-9-7-14(8-10-16)18(23)21-11-4-3-5-12-21;1-4-5(2)3;1-2/h7-10,15H,2-6,11-12H2,1H3,(H,20,22);4H2,1-3H3;1-2H3. The fourth-order valence-electron chi connectivity index (χ4n) is 2.75. The molecule has 1 fully saturated rings. The van der Waals surface area contributed by atoms with Crippen molar-refractivity contribution in [2.45, 2.75) is 59.8 Å². The number of nitrogens with one attached hydrogen (secondary N) is 1. The molecule has 1 N–H and O–H groups in total. The first-order chi connectivity index (χ1) is 14.4. The molecule has 168 valence electrons. The summed E-state index contributed by atoms with van der Waals surface area (Å²) in [6.45, 7) is 10.8. The van der Waals surface area contributed by atoms with E-state index in [4.69, 9.17) is 5.26 Å². The molecule has 0 aliphatic carbocycles. The summed E-state index contributed by atoms with van der Waals surface area (Å²) in [5.74, 6) is -0.873. The van der Waals surface area contributed by atoms with Crippen molar-refractivity contribution in [3.05, 3.63) is 29.8 Å². The van der Waals surface area contributed by atoms with Crippen molar-refractivity contribution in [1.82, 2.24) is 9.80 Å². The van der Waals surface area contributed by atoms with Gasteiger partial charge in [0, 0.05) is 24.3 Å². The first kappa shape index (κ1) is 27.6. The van der Waals surface area contributed by atoms with E-state index in [1.807, 2.05) is 31.7 Å². The summed E-state index contributed by atoms with van der Waals surface area (Å²) in [6, 6.07) is 8.92. The van der Waals surface area contributed by atoms with Crippen LogP contribution in [0.25, 0.3) is 0 Å². The quantitative estimate of drug-likeness (QED) is 0.724. The van der Waals surface area contributed by atoms with Crippen LogP contribution in [-0.2, 0) is 4.79 Å². The van der Waals surface area contributed by atoms with Gasteiger partial charge in [0.25, 0.3) is 5.91 Å². The van der Waals surface area contributed by atoms with Crippen molar-refractivity contribution in [1.29, 1.82) is 5.26 Å². The van der Waals surface area contributed by atoms with Gasteiger partial charge in [-0.25, -0.2) is 0 Å². The van der Waals surface area contributed by atoms with Crippen molar-refractivity contribution in [3.8, 4) is 6.07 Å². The fraction of sp³-hybridized carbons (Fsp3) is 0.625. The van der Waals surface area contributed by atoms with E-state index in [0.717, 1.165) is 38.9 Å². The lowest BCUT2D eigenvalue weighted by molar-refractivity contribution is -0.118. The van der Waals surface area contributed by atoms with Crippen LogP contribution in [0.3, 0.4) is 0 Å². The third-order valence-electron chi connectivity index (χ3n) is 4.72. The summed E-state index contributed by atoms with van der Waals surface area (Å²) in [5.41, 5.74) is 1.25. The summed E-state index contributed by atoms with van der Waals surface area (Å²) in [5, 5.41) is 11.7. The molecule has 0 bridgehead atoms. The molecule has 30 heavy (non-hydrogen) atoms. The van der Waals surface area contributed by atoms with Gasteiger partial charge in [-0.3, -0.25) is 9.59 Å². The van der Waals surface area contributed by atoms with Crippen LogP contribution in [0.15, 0.2) is 24.3 Å². The van der Waals surface area contributed by atoms with Gasteiger partial charge in [-0.2, -0.15) is 5.26 Å². The maximum atomic E-state index is 12.4. The molecular weight excluding hydrogens is 376 g/mol. The summed E-state index contributed by atoms with van der Waals surface area (Å²) >= 11 is 0. The first-order valence-corrected chi connectivity index (χ1v) is 11.2. The van der Waals surface area contributed by atoms with Crippen LogP contribution in [0.2, 0.25) is 0 Å². The largest absolute Gasteiger partial charge is 0.339 e. The lowest BCUT2D eigenvalue weighted by Gasteiger charge is -2.26. The number of rotatable bonds is 6. The second-order valence-electron chi connectivity index (χ2n) is 7.29. The summed E-state index contributed by atoms with van der Waals surface area (Å²) < 4.78 is 0. The minimum absolute atomic E-state index is 0.0449. The number of nitrogens with zero attached hydrogens (tertiary/aromatic N) is 3. The third-order valence-corrected chi connectivity index (χ3v) is 4.72. The molecule has 1 aliphatic rings. The minimum Gasteiger partial charge on any atom is -0.339 e. The van der Waals surface area contributed by atoms with Crippen molar-refractivity contribution in [2.24, 2.45) is 5.92 Å². The molecule has 6 heteroatoms. The number of benzene rings is 1. The van der Waals surface area contributed by atoms with Gasteiger partial charge in [0.15, 0.2) is 0 Å². The Morgan fingerprint density at radius 3 is 2.07 bits per heavy atom. The van der Waals surface area contributed by atoms with E-state index in [0.29, 0.717) is 17.7 Å². The number of anilines is 1. The van der Waals surface area contributed by atoms with Crippen molar-refractivity contribution >= 4 is 17.5 Å². The Labute approximate surface area is 183 Å². The molecule has 0 saturated carbocycles. The van der Waals surface area contributed by atoms with Gasteiger partial charge < -0.3 is 15.1 Å². The zero-order chi connectivity index (χ0) is 22.9. The van der Waals surface area contributed by atoms with Crippen LogP contribution in [0.4, 0.5) is 5.69 Å². The van der Waals surface area contributed by atoms with Gasteiger partial charge in [0.05, 0.1) is 6.07 Å². The van der Waals surface area contributed by atoms with Crippen LogP contribution >= 0.6 is 0 Å². The topological polar surface area (TPSA) is 76.4 Å². The highest BCUT2D eigenvalue weighted by Crippen LogP contribution is 2.16. The molecule has 1 aromatic rings. The molecule has 0 radical (unpaired) electrons. The van der Waals surface area contributed by atoms with E-state index in [9.17, 15) is 9.59 Å². The third kappa shape index (κ3) is 10.4. The lowest BCUT2D eigenvalue weighted by atomic mass is 10.0. The van der Waals surface area contributed by atoms with E-state index >= 15 is 0 Å². The summed E-state index contributed by atoms with van der Waals surface area (Å²) in [6.07, 6.45) is 4.65. The molecule has 1 aromatic carbocycles. The Balaban J connectivity index is 0.00000105. The molecule has 6 nitrogen and oxygen atoms in total. The maximum absolute atomic E-state index is 12.4. The average Bonchev–Trinajstić information content (AvgIpc) is 2.79. The van der Waals surface area contributed by atoms with Gasteiger partial charge in [0.1, 0.15) is 5.92 Å². The highest BCUT2D eigenvalue weighted by atomic mass is 16.2. The number of amides is 2. The second-order valence-corrected chi connectivity index (χ2v) is 7.29.